The molecular formula is C9H20N2O. The Morgan fingerprint density at radius 1 is 1.42 bits per heavy atom. The van der Waals surface area contributed by atoms with Gasteiger partial charge in [0.15, 0.2) is 0 Å². The lowest BCUT2D eigenvalue weighted by molar-refractivity contribution is -0.114. The van der Waals surface area contributed by atoms with Crippen molar-refractivity contribution >= 4 is 5.91 Å². The summed E-state index contributed by atoms with van der Waals surface area (Å²) in [4.78, 5) is 9.82. The van der Waals surface area contributed by atoms with E-state index in [2.05, 4.69) is 20.4 Å². The van der Waals surface area contributed by atoms with Crippen LogP contribution in [0, 0.1) is 0 Å². The molecule has 0 rings (SSSR count). The first-order valence-corrected chi connectivity index (χ1v) is 4.16. The predicted octanol–water partition coefficient (Wildman–Crippen LogP) is 1.18. The maximum Gasteiger partial charge on any atom is 0.243 e. The lowest BCUT2D eigenvalue weighted by Gasteiger charge is -1.99. The Hall–Kier alpha value is -0.830. The van der Waals surface area contributed by atoms with Crippen molar-refractivity contribution in [3.8, 4) is 0 Å². The summed E-state index contributed by atoms with van der Waals surface area (Å²) in [6, 6.07) is 0.435. The summed E-state index contributed by atoms with van der Waals surface area (Å²) in [6.45, 7) is 9.06. The quantitative estimate of drug-likeness (QED) is 0.628. The van der Waals surface area contributed by atoms with Crippen LogP contribution in [-0.4, -0.2) is 11.9 Å². The molecule has 0 unspecified atom stereocenters. The highest BCUT2D eigenvalue weighted by Crippen LogP contribution is 1.88. The second-order valence-corrected chi connectivity index (χ2v) is 2.72. The summed E-state index contributed by atoms with van der Waals surface area (Å²) in [6.07, 6.45) is 2.22. The minimum atomic E-state index is -0.435. The van der Waals surface area contributed by atoms with Crippen molar-refractivity contribution in [2.24, 2.45) is 11.5 Å². The van der Waals surface area contributed by atoms with E-state index in [0.717, 1.165) is 12.8 Å². The molecule has 0 aromatic carbocycles. The highest BCUT2D eigenvalue weighted by atomic mass is 16.1. The number of primary amides is 1. The zero-order valence-electron chi connectivity index (χ0n) is 8.26. The van der Waals surface area contributed by atoms with Crippen LogP contribution in [0.1, 0.15) is 33.6 Å². The molecule has 0 saturated carbocycles. The third kappa shape index (κ3) is 11.9. The minimum Gasteiger partial charge on any atom is -0.366 e. The molecule has 0 spiro atoms. The molecule has 0 radical (unpaired) electrons. The van der Waals surface area contributed by atoms with Gasteiger partial charge in [-0.2, -0.15) is 0 Å². The van der Waals surface area contributed by atoms with Gasteiger partial charge in [0, 0.05) is 11.6 Å². The Labute approximate surface area is 74.8 Å². The molecule has 4 N–H and O–H groups in total. The largest absolute Gasteiger partial charge is 0.366 e. The van der Waals surface area contributed by atoms with Crippen molar-refractivity contribution in [3.63, 3.8) is 0 Å². The molecule has 12 heavy (non-hydrogen) atoms. The molecule has 0 aromatic heterocycles. The number of amides is 1. The summed E-state index contributed by atoms with van der Waals surface area (Å²) in [5, 5.41) is 0. The third-order valence-corrected chi connectivity index (χ3v) is 1.47. The van der Waals surface area contributed by atoms with Crippen LogP contribution in [0.25, 0.3) is 0 Å². The van der Waals surface area contributed by atoms with Gasteiger partial charge in [0.05, 0.1) is 0 Å². The summed E-state index contributed by atoms with van der Waals surface area (Å²) >= 11 is 0. The van der Waals surface area contributed by atoms with Crippen molar-refractivity contribution < 1.29 is 4.79 Å². The molecule has 0 saturated heterocycles. The molecule has 0 bridgehead atoms. The predicted molar refractivity (Wildman–Crippen MR) is 52.6 cm³/mol. The molecule has 0 aliphatic carbocycles. The average molecular weight is 172 g/mol. The molecule has 0 aromatic rings. The Morgan fingerprint density at radius 2 is 1.67 bits per heavy atom. The highest BCUT2D eigenvalue weighted by Gasteiger charge is 1.88. The summed E-state index contributed by atoms with van der Waals surface area (Å²) < 4.78 is 0. The number of hydrogen-bond donors (Lipinski definition) is 2. The molecular weight excluding hydrogens is 152 g/mol. The van der Waals surface area contributed by atoms with Crippen LogP contribution in [0.2, 0.25) is 0 Å². The first kappa shape index (κ1) is 13.7. The van der Waals surface area contributed by atoms with Gasteiger partial charge in [-0.1, -0.05) is 20.4 Å². The molecule has 0 aliphatic rings. The maximum absolute atomic E-state index is 9.82. The fourth-order valence-electron chi connectivity index (χ4n) is 0.289. The van der Waals surface area contributed by atoms with E-state index >= 15 is 0 Å². The number of nitrogens with two attached hydrogens (primary N) is 2. The maximum atomic E-state index is 9.82. The van der Waals surface area contributed by atoms with Crippen LogP contribution in [0.3, 0.4) is 0 Å². The zero-order chi connectivity index (χ0) is 10.1. The lowest BCUT2D eigenvalue weighted by Crippen LogP contribution is -2.16. The molecule has 3 heteroatoms. The van der Waals surface area contributed by atoms with E-state index in [1.807, 2.05) is 0 Å². The molecule has 0 fully saturated rings. The fraction of sp³-hybridized carbons (Fsp3) is 0.667. The van der Waals surface area contributed by atoms with Crippen molar-refractivity contribution in [3.05, 3.63) is 12.2 Å². The highest BCUT2D eigenvalue weighted by molar-refractivity contribution is 5.90. The van der Waals surface area contributed by atoms with Gasteiger partial charge in [0.1, 0.15) is 0 Å². The molecule has 0 aliphatic heterocycles. The third-order valence-electron chi connectivity index (χ3n) is 1.47. The SMILES string of the molecule is C=C(C)C(N)=O.CCC(N)CC. The molecule has 72 valence electrons. The summed E-state index contributed by atoms with van der Waals surface area (Å²) in [5.41, 5.74) is 10.6. The van der Waals surface area contributed by atoms with Gasteiger partial charge < -0.3 is 11.5 Å². The van der Waals surface area contributed by atoms with Gasteiger partial charge >= 0.3 is 0 Å². The lowest BCUT2D eigenvalue weighted by atomic mass is 10.2. The van der Waals surface area contributed by atoms with Crippen LogP contribution < -0.4 is 11.5 Å². The molecule has 3 nitrogen and oxygen atoms in total. The van der Waals surface area contributed by atoms with Gasteiger partial charge in [-0.3, -0.25) is 4.79 Å². The second-order valence-electron chi connectivity index (χ2n) is 2.72. The fourth-order valence-corrected chi connectivity index (χ4v) is 0.289. The minimum absolute atomic E-state index is 0.398. The van der Waals surface area contributed by atoms with Crippen molar-refractivity contribution in [2.75, 3.05) is 0 Å². The van der Waals surface area contributed by atoms with Crippen LogP contribution in [0.4, 0.5) is 0 Å². The molecule has 0 heterocycles. The monoisotopic (exact) mass is 172 g/mol. The van der Waals surface area contributed by atoms with Crippen molar-refractivity contribution in [1.82, 2.24) is 0 Å². The van der Waals surface area contributed by atoms with Gasteiger partial charge in [-0.05, 0) is 19.8 Å². The van der Waals surface area contributed by atoms with E-state index in [4.69, 9.17) is 11.5 Å². The second kappa shape index (κ2) is 8.27. The van der Waals surface area contributed by atoms with E-state index in [0.29, 0.717) is 11.6 Å². The Morgan fingerprint density at radius 3 is 1.67 bits per heavy atom. The Bertz CT molecular complexity index is 127. The first-order valence-electron chi connectivity index (χ1n) is 4.16. The van der Waals surface area contributed by atoms with E-state index in [9.17, 15) is 4.79 Å². The summed E-state index contributed by atoms with van der Waals surface area (Å²) in [7, 11) is 0. The van der Waals surface area contributed by atoms with E-state index in [1.165, 1.54) is 0 Å². The van der Waals surface area contributed by atoms with Crippen LogP contribution in [0.5, 0.6) is 0 Å². The standard InChI is InChI=1S/C5H13N.C4H7NO/c1-3-5(6)4-2;1-3(2)4(5)6/h5H,3-4,6H2,1-2H3;1H2,2H3,(H2,5,6). The topological polar surface area (TPSA) is 69.1 Å². The van der Waals surface area contributed by atoms with Crippen LogP contribution in [-0.2, 0) is 4.79 Å². The number of hydrogen-bond acceptors (Lipinski definition) is 2. The van der Waals surface area contributed by atoms with Gasteiger partial charge in [-0.15, -0.1) is 0 Å². The average Bonchev–Trinajstić information content (AvgIpc) is 2.04. The van der Waals surface area contributed by atoms with E-state index in [1.54, 1.807) is 6.92 Å². The number of carbonyl (C=O) groups is 1. The van der Waals surface area contributed by atoms with E-state index in [-0.39, 0.29) is 0 Å². The molecule has 1 amide bonds. The number of carbonyl (C=O) groups excluding carboxylic acids is 1. The van der Waals surface area contributed by atoms with Crippen molar-refractivity contribution in [1.29, 1.82) is 0 Å². The van der Waals surface area contributed by atoms with Crippen molar-refractivity contribution in [2.45, 2.75) is 39.7 Å². The van der Waals surface area contributed by atoms with Crippen LogP contribution in [0.15, 0.2) is 12.2 Å². The Kier molecular flexibility index (Phi) is 9.47. The van der Waals surface area contributed by atoms with Gasteiger partial charge in [0.2, 0.25) is 5.91 Å². The van der Waals surface area contributed by atoms with Gasteiger partial charge in [-0.25, -0.2) is 0 Å². The first-order chi connectivity index (χ1) is 5.45. The number of rotatable bonds is 3. The summed E-state index contributed by atoms with van der Waals surface area (Å²) in [5.74, 6) is -0.435. The smallest absolute Gasteiger partial charge is 0.243 e. The Balaban J connectivity index is 0. The van der Waals surface area contributed by atoms with Gasteiger partial charge in [0.25, 0.3) is 0 Å². The van der Waals surface area contributed by atoms with E-state index < -0.39 is 5.91 Å². The normalized spacial score (nSPS) is 8.75. The molecule has 0 atom stereocenters. The van der Waals surface area contributed by atoms with Crippen LogP contribution >= 0.6 is 0 Å². The zero-order valence-corrected chi connectivity index (χ0v) is 8.26.